The summed E-state index contributed by atoms with van der Waals surface area (Å²) in [6.07, 6.45) is 10.7. The highest BCUT2D eigenvalue weighted by Crippen LogP contribution is 2.40. The standard InChI is InChI=1S/C47H48N6O2S2/c54-43(29-33-11-3-1-4-12-33)52-27-9-15-39(52)45-48-30-41(56-45)36-21-17-34(18-22-36)35-19-23-37(24-20-35)42-31-49-46(57-42)40-16-10-28-53(40)47(55)44(38-13-5-2-6-14-38)50-32-51-25-7-8-26-51/h1-6,11-14,17-24,30-31,39-40,44,50H,7-10,15-16,25-29,32H2/t39-,40-,44-/m0/s1. The molecular weight excluding hydrogens is 745 g/mol. The van der Waals surface area contributed by atoms with Crippen LogP contribution in [0.15, 0.2) is 122 Å². The number of hydrogen-bond donors (Lipinski definition) is 1. The Morgan fingerprint density at radius 1 is 0.614 bits per heavy atom. The van der Waals surface area contributed by atoms with Crippen molar-refractivity contribution in [3.8, 4) is 32.0 Å². The van der Waals surface area contributed by atoms with Crippen molar-refractivity contribution in [3.63, 3.8) is 0 Å². The van der Waals surface area contributed by atoms with E-state index in [-0.39, 0.29) is 29.9 Å². The van der Waals surface area contributed by atoms with Crippen LogP contribution in [0.3, 0.4) is 0 Å². The van der Waals surface area contributed by atoms with Gasteiger partial charge in [0.25, 0.3) is 0 Å². The molecule has 3 atom stereocenters. The second-order valence-corrected chi connectivity index (χ2v) is 17.5. The maximum absolute atomic E-state index is 14.2. The summed E-state index contributed by atoms with van der Waals surface area (Å²) in [6.45, 7) is 4.42. The number of carbonyl (C=O) groups is 2. The van der Waals surface area contributed by atoms with Crippen molar-refractivity contribution in [2.45, 2.75) is 63.1 Å². The van der Waals surface area contributed by atoms with E-state index in [1.165, 1.54) is 12.8 Å². The Balaban J connectivity index is 0.845. The van der Waals surface area contributed by atoms with E-state index in [1.807, 2.05) is 65.8 Å². The molecule has 2 aromatic heterocycles. The minimum absolute atomic E-state index is 0.0114. The molecule has 0 unspecified atom stereocenters. The van der Waals surface area contributed by atoms with Gasteiger partial charge in [-0.3, -0.25) is 19.8 Å². The molecule has 10 heteroatoms. The Labute approximate surface area is 343 Å². The zero-order chi connectivity index (χ0) is 38.6. The predicted octanol–water partition coefficient (Wildman–Crippen LogP) is 9.55. The Morgan fingerprint density at radius 3 is 1.70 bits per heavy atom. The number of nitrogens with one attached hydrogen (secondary N) is 1. The van der Waals surface area contributed by atoms with Gasteiger partial charge in [0.2, 0.25) is 11.8 Å². The Hall–Kier alpha value is -5.00. The summed E-state index contributed by atoms with van der Waals surface area (Å²) in [5.41, 5.74) is 6.63. The average Bonchev–Trinajstić information content (AvgIpc) is 4.12. The van der Waals surface area contributed by atoms with Crippen LogP contribution in [0, 0.1) is 0 Å². The first-order chi connectivity index (χ1) is 28.1. The van der Waals surface area contributed by atoms with Crippen LogP contribution < -0.4 is 5.32 Å². The van der Waals surface area contributed by atoms with Crippen LogP contribution in [0.4, 0.5) is 0 Å². The first-order valence-corrected chi connectivity index (χ1v) is 22.0. The molecule has 3 saturated heterocycles. The van der Waals surface area contributed by atoms with Crippen LogP contribution in [0.1, 0.15) is 77.8 Å². The molecule has 6 aromatic rings. The van der Waals surface area contributed by atoms with Gasteiger partial charge in [-0.1, -0.05) is 109 Å². The molecule has 9 rings (SSSR count). The molecule has 8 nitrogen and oxygen atoms in total. The molecule has 290 valence electrons. The number of nitrogens with zero attached hydrogens (tertiary/aromatic N) is 5. The van der Waals surface area contributed by atoms with Gasteiger partial charge in [0.1, 0.15) is 16.1 Å². The maximum atomic E-state index is 14.2. The lowest BCUT2D eigenvalue weighted by atomic mass is 10.0. The highest BCUT2D eigenvalue weighted by Gasteiger charge is 2.37. The molecule has 2 amide bonds. The third kappa shape index (κ3) is 8.36. The summed E-state index contributed by atoms with van der Waals surface area (Å²) < 4.78 is 0. The van der Waals surface area contributed by atoms with Gasteiger partial charge in [-0.15, -0.1) is 22.7 Å². The topological polar surface area (TPSA) is 81.7 Å². The number of amides is 2. The highest BCUT2D eigenvalue weighted by molar-refractivity contribution is 7.15. The van der Waals surface area contributed by atoms with E-state index in [0.29, 0.717) is 6.42 Å². The van der Waals surface area contributed by atoms with E-state index in [1.54, 1.807) is 22.7 Å². The number of likely N-dealkylation sites (tertiary alicyclic amines) is 3. The summed E-state index contributed by atoms with van der Waals surface area (Å²) in [5.74, 6) is 0.310. The van der Waals surface area contributed by atoms with Crippen LogP contribution in [-0.2, 0) is 16.0 Å². The number of carbonyl (C=O) groups excluding carboxylic acids is 2. The van der Waals surface area contributed by atoms with Crippen molar-refractivity contribution in [2.24, 2.45) is 0 Å². The fourth-order valence-corrected chi connectivity index (χ4v) is 10.7. The summed E-state index contributed by atoms with van der Waals surface area (Å²) in [4.78, 5) is 45.9. The minimum atomic E-state index is -0.377. The second-order valence-electron chi connectivity index (χ2n) is 15.4. The van der Waals surface area contributed by atoms with Crippen molar-refractivity contribution in [3.05, 3.63) is 143 Å². The van der Waals surface area contributed by atoms with Gasteiger partial charge < -0.3 is 9.80 Å². The molecule has 0 saturated carbocycles. The lowest BCUT2D eigenvalue weighted by molar-refractivity contribution is -0.135. The lowest BCUT2D eigenvalue weighted by Crippen LogP contribution is -2.44. The first kappa shape index (κ1) is 37.6. The summed E-state index contributed by atoms with van der Waals surface area (Å²) in [5, 5.41) is 5.64. The Kier molecular flexibility index (Phi) is 11.4. The number of thiazole rings is 2. The quantitative estimate of drug-likeness (QED) is 0.133. The normalized spacial score (nSPS) is 19.0. The first-order valence-electron chi connectivity index (χ1n) is 20.3. The molecule has 0 radical (unpaired) electrons. The SMILES string of the molecule is O=C(Cc1ccccc1)N1CCC[C@H]1c1ncc(-c2ccc(-c3ccc(-c4cnc([C@@H]5CCCN5C(=O)[C@@H](NCN5CCCC5)c5ccccc5)s4)cc3)cc2)s1. The summed E-state index contributed by atoms with van der Waals surface area (Å²) in [6, 6.07) is 37.2. The highest BCUT2D eigenvalue weighted by atomic mass is 32.1. The van der Waals surface area contributed by atoms with Crippen LogP contribution in [0.5, 0.6) is 0 Å². The third-order valence-corrected chi connectivity index (χ3v) is 14.0. The van der Waals surface area contributed by atoms with E-state index < -0.39 is 0 Å². The molecule has 3 aliphatic heterocycles. The summed E-state index contributed by atoms with van der Waals surface area (Å²) in [7, 11) is 0. The van der Waals surface area contributed by atoms with Crippen LogP contribution in [-0.4, -0.2) is 69.3 Å². The van der Waals surface area contributed by atoms with E-state index in [4.69, 9.17) is 9.97 Å². The summed E-state index contributed by atoms with van der Waals surface area (Å²) >= 11 is 3.39. The van der Waals surface area contributed by atoms with Gasteiger partial charge in [-0.2, -0.15) is 0 Å². The molecule has 0 bridgehead atoms. The van der Waals surface area contributed by atoms with Crippen LogP contribution in [0.2, 0.25) is 0 Å². The fourth-order valence-electron chi connectivity index (χ4n) is 8.61. The molecule has 3 aliphatic rings. The van der Waals surface area contributed by atoms with Gasteiger partial charge in [0.15, 0.2) is 0 Å². The Bertz CT molecular complexity index is 2270. The maximum Gasteiger partial charge on any atom is 0.244 e. The zero-order valence-electron chi connectivity index (χ0n) is 32.1. The van der Waals surface area contributed by atoms with Gasteiger partial charge >= 0.3 is 0 Å². The molecule has 5 heterocycles. The van der Waals surface area contributed by atoms with Crippen LogP contribution >= 0.6 is 22.7 Å². The van der Waals surface area contributed by atoms with Crippen molar-refractivity contribution >= 4 is 34.5 Å². The largest absolute Gasteiger partial charge is 0.333 e. The van der Waals surface area contributed by atoms with E-state index in [0.717, 1.165) is 112 Å². The monoisotopic (exact) mass is 792 g/mol. The fraction of sp³-hybridized carbons (Fsp3) is 0.319. The second kappa shape index (κ2) is 17.2. The smallest absolute Gasteiger partial charge is 0.244 e. The van der Waals surface area contributed by atoms with Crippen LogP contribution in [0.25, 0.3) is 32.0 Å². The molecule has 1 N–H and O–H groups in total. The number of benzene rings is 4. The minimum Gasteiger partial charge on any atom is -0.333 e. The predicted molar refractivity (Wildman–Crippen MR) is 230 cm³/mol. The molecule has 57 heavy (non-hydrogen) atoms. The van der Waals surface area contributed by atoms with Crippen molar-refractivity contribution < 1.29 is 9.59 Å². The van der Waals surface area contributed by atoms with Gasteiger partial charge in [-0.05, 0) is 85.0 Å². The molecule has 3 fully saturated rings. The van der Waals surface area contributed by atoms with Gasteiger partial charge in [-0.25, -0.2) is 9.97 Å². The van der Waals surface area contributed by atoms with Crippen molar-refractivity contribution in [2.75, 3.05) is 32.8 Å². The van der Waals surface area contributed by atoms with Gasteiger partial charge in [0.05, 0.1) is 28.3 Å². The average molecular weight is 793 g/mol. The third-order valence-electron chi connectivity index (χ3n) is 11.7. The number of rotatable bonds is 12. The lowest BCUT2D eigenvalue weighted by Gasteiger charge is -2.30. The van der Waals surface area contributed by atoms with E-state index in [9.17, 15) is 9.59 Å². The number of hydrogen-bond acceptors (Lipinski definition) is 8. The van der Waals surface area contributed by atoms with Gasteiger partial charge in [0, 0.05) is 32.2 Å². The number of aromatic nitrogens is 2. The molecule has 4 aromatic carbocycles. The molecule has 0 aliphatic carbocycles. The van der Waals surface area contributed by atoms with Crippen molar-refractivity contribution in [1.82, 2.24) is 30.0 Å². The zero-order valence-corrected chi connectivity index (χ0v) is 33.8. The van der Waals surface area contributed by atoms with Crippen molar-refractivity contribution in [1.29, 1.82) is 0 Å². The van der Waals surface area contributed by atoms with E-state index in [2.05, 4.69) is 75.8 Å². The molecular formula is C47H48N6O2S2. The van der Waals surface area contributed by atoms with E-state index >= 15 is 0 Å². The Morgan fingerprint density at radius 2 is 1.12 bits per heavy atom. The molecule has 0 spiro atoms.